The average molecular weight is 331 g/mol. The molecule has 2 rings (SSSR count). The maximum Gasteiger partial charge on any atom is 0.332 e. The Labute approximate surface area is 139 Å². The first kappa shape index (κ1) is 16.8. The number of hydrogen-bond acceptors (Lipinski definition) is 4. The Bertz CT molecular complexity index is 690. The molecule has 2 unspecified atom stereocenters. The van der Waals surface area contributed by atoms with Gasteiger partial charge in [-0.1, -0.05) is 11.6 Å². The number of imide groups is 1. The molecule has 0 N–H and O–H groups in total. The molecule has 1 heterocycles. The average Bonchev–Trinajstić information content (AvgIpc) is 2.75. The number of carbonyl (C=O) groups is 2. The van der Waals surface area contributed by atoms with Crippen LogP contribution in [0.2, 0.25) is 5.02 Å². The second-order valence-electron chi connectivity index (χ2n) is 5.28. The topological polar surface area (TPSA) is 88.2 Å². The smallest absolute Gasteiger partial charge is 0.282 e. The molecule has 0 radical (unpaired) electrons. The highest BCUT2D eigenvalue weighted by molar-refractivity contribution is 6.30. The van der Waals surface area contributed by atoms with Crippen molar-refractivity contribution in [2.45, 2.75) is 25.8 Å². The predicted octanol–water partition coefficient (Wildman–Crippen LogP) is 2.94. The van der Waals surface area contributed by atoms with Crippen molar-refractivity contribution in [2.75, 3.05) is 11.4 Å². The molecular weight excluding hydrogens is 316 g/mol. The lowest BCUT2D eigenvalue weighted by Gasteiger charge is -2.20. The molecule has 118 valence electrons. The summed E-state index contributed by atoms with van der Waals surface area (Å²) in [6.07, 6.45) is 0.546. The van der Waals surface area contributed by atoms with Gasteiger partial charge in [0.25, 0.3) is 5.91 Å². The Kier molecular flexibility index (Phi) is 5.20. The van der Waals surface area contributed by atoms with Crippen LogP contribution >= 0.6 is 11.6 Å². The molecule has 0 saturated carbocycles. The summed E-state index contributed by atoms with van der Waals surface area (Å²) in [6, 6.07) is 9.56. The van der Waals surface area contributed by atoms with Gasteiger partial charge < -0.3 is 0 Å². The summed E-state index contributed by atoms with van der Waals surface area (Å²) < 4.78 is 0. The van der Waals surface area contributed by atoms with E-state index in [4.69, 9.17) is 22.1 Å². The zero-order chi connectivity index (χ0) is 17.0. The molecule has 23 heavy (non-hydrogen) atoms. The van der Waals surface area contributed by atoms with E-state index >= 15 is 0 Å². The van der Waals surface area contributed by atoms with Crippen molar-refractivity contribution in [1.82, 2.24) is 4.90 Å². The molecule has 1 aromatic rings. The van der Waals surface area contributed by atoms with Gasteiger partial charge in [0, 0.05) is 23.7 Å². The quantitative estimate of drug-likeness (QED) is 0.776. The first-order valence-corrected chi connectivity index (χ1v) is 7.54. The van der Waals surface area contributed by atoms with Gasteiger partial charge in [-0.2, -0.15) is 10.5 Å². The fourth-order valence-electron chi connectivity index (χ4n) is 2.49. The lowest BCUT2D eigenvalue weighted by Crippen LogP contribution is -2.36. The molecule has 0 aliphatic carbocycles. The number of nitrogens with zero attached hydrogens (tertiary/aromatic N) is 4. The van der Waals surface area contributed by atoms with Crippen molar-refractivity contribution < 1.29 is 9.59 Å². The van der Waals surface area contributed by atoms with Crippen LogP contribution in [-0.4, -0.2) is 29.4 Å². The maximum atomic E-state index is 12.6. The van der Waals surface area contributed by atoms with Crippen LogP contribution in [0.1, 0.15) is 19.8 Å². The number of urea groups is 1. The van der Waals surface area contributed by atoms with Gasteiger partial charge in [-0.15, -0.1) is 0 Å². The lowest BCUT2D eigenvalue weighted by molar-refractivity contribution is -0.127. The molecule has 6 nitrogen and oxygen atoms in total. The Morgan fingerprint density at radius 1 is 1.26 bits per heavy atom. The Balaban J connectivity index is 2.19. The number of hydrogen-bond donors (Lipinski definition) is 0. The predicted molar refractivity (Wildman–Crippen MR) is 84.5 cm³/mol. The summed E-state index contributed by atoms with van der Waals surface area (Å²) in [5, 5.41) is 18.3. The highest BCUT2D eigenvalue weighted by atomic mass is 35.5. The summed E-state index contributed by atoms with van der Waals surface area (Å²) in [5.41, 5.74) is 0.577. The molecule has 2 atom stereocenters. The van der Waals surface area contributed by atoms with E-state index in [1.807, 2.05) is 12.1 Å². The number of rotatable bonds is 5. The van der Waals surface area contributed by atoms with E-state index in [1.165, 1.54) is 4.90 Å². The van der Waals surface area contributed by atoms with E-state index in [9.17, 15) is 9.59 Å². The summed E-state index contributed by atoms with van der Waals surface area (Å²) in [6.45, 7) is 1.65. The van der Waals surface area contributed by atoms with Crippen molar-refractivity contribution >= 4 is 29.2 Å². The highest BCUT2D eigenvalue weighted by Crippen LogP contribution is 2.27. The minimum absolute atomic E-state index is 0.00424. The zero-order valence-electron chi connectivity index (χ0n) is 12.6. The van der Waals surface area contributed by atoms with Gasteiger partial charge in [0.1, 0.15) is 6.04 Å². The summed E-state index contributed by atoms with van der Waals surface area (Å²) in [7, 11) is 0. The van der Waals surface area contributed by atoms with E-state index in [2.05, 4.69) is 0 Å². The summed E-state index contributed by atoms with van der Waals surface area (Å²) in [5.74, 6) is -0.887. The van der Waals surface area contributed by atoms with E-state index in [-0.39, 0.29) is 18.9 Å². The molecule has 1 aliphatic rings. The fourth-order valence-corrected chi connectivity index (χ4v) is 2.61. The van der Waals surface area contributed by atoms with Crippen LogP contribution in [0.3, 0.4) is 0 Å². The lowest BCUT2D eigenvalue weighted by atomic mass is 10.1. The van der Waals surface area contributed by atoms with E-state index < -0.39 is 18.0 Å². The van der Waals surface area contributed by atoms with Gasteiger partial charge in [-0.3, -0.25) is 14.6 Å². The molecule has 7 heteroatoms. The molecule has 1 aliphatic heterocycles. The maximum absolute atomic E-state index is 12.6. The van der Waals surface area contributed by atoms with Gasteiger partial charge in [0.2, 0.25) is 0 Å². The molecule has 0 bridgehead atoms. The van der Waals surface area contributed by atoms with E-state index in [0.29, 0.717) is 17.1 Å². The highest BCUT2D eigenvalue weighted by Gasteiger charge is 2.43. The van der Waals surface area contributed by atoms with E-state index in [0.717, 1.165) is 4.90 Å². The minimum Gasteiger partial charge on any atom is -0.282 e. The minimum atomic E-state index is -0.640. The van der Waals surface area contributed by atoms with Gasteiger partial charge in [-0.25, -0.2) is 4.79 Å². The van der Waals surface area contributed by atoms with E-state index in [1.54, 1.807) is 31.2 Å². The number of nitriles is 2. The number of amides is 3. The first-order chi connectivity index (χ1) is 11.0. The zero-order valence-corrected chi connectivity index (χ0v) is 13.3. The van der Waals surface area contributed by atoms with Crippen LogP contribution in [0, 0.1) is 28.6 Å². The van der Waals surface area contributed by atoms with Crippen molar-refractivity contribution in [1.29, 1.82) is 10.5 Å². The van der Waals surface area contributed by atoms with Crippen LogP contribution in [0.25, 0.3) is 0 Å². The van der Waals surface area contributed by atoms with Crippen LogP contribution in [-0.2, 0) is 4.79 Å². The SMILES string of the molecule is CC1C(=O)N(CC(C#N)CCC#N)C(=O)N1c1ccc(Cl)cc1. The number of benzene rings is 1. The summed E-state index contributed by atoms with van der Waals surface area (Å²) >= 11 is 5.84. The van der Waals surface area contributed by atoms with Crippen LogP contribution < -0.4 is 4.90 Å². The largest absolute Gasteiger partial charge is 0.332 e. The summed E-state index contributed by atoms with van der Waals surface area (Å²) in [4.78, 5) is 27.4. The monoisotopic (exact) mass is 330 g/mol. The van der Waals surface area contributed by atoms with Crippen molar-refractivity contribution in [2.24, 2.45) is 5.92 Å². The van der Waals surface area contributed by atoms with Crippen molar-refractivity contribution in [3.8, 4) is 12.1 Å². The molecule has 1 fully saturated rings. The third-order valence-electron chi connectivity index (χ3n) is 3.74. The van der Waals surface area contributed by atoms with Crippen LogP contribution in [0.15, 0.2) is 24.3 Å². The van der Waals surface area contributed by atoms with Gasteiger partial charge in [-0.05, 0) is 37.6 Å². The van der Waals surface area contributed by atoms with Crippen molar-refractivity contribution in [3.05, 3.63) is 29.3 Å². The first-order valence-electron chi connectivity index (χ1n) is 7.16. The third kappa shape index (κ3) is 3.44. The third-order valence-corrected chi connectivity index (χ3v) is 3.99. The Hall–Kier alpha value is -2.57. The molecule has 0 aromatic heterocycles. The Morgan fingerprint density at radius 3 is 2.48 bits per heavy atom. The Morgan fingerprint density at radius 2 is 1.91 bits per heavy atom. The second kappa shape index (κ2) is 7.13. The standard InChI is InChI=1S/C16H15ClN4O2/c1-11-15(22)20(10-12(9-19)3-2-8-18)16(23)21(11)14-6-4-13(17)5-7-14/h4-7,11-12H,2-3,10H2,1H3. The van der Waals surface area contributed by atoms with Gasteiger partial charge >= 0.3 is 6.03 Å². The van der Waals surface area contributed by atoms with Crippen molar-refractivity contribution in [3.63, 3.8) is 0 Å². The van der Waals surface area contributed by atoms with Gasteiger partial charge in [0.15, 0.2) is 0 Å². The number of anilines is 1. The fraction of sp³-hybridized carbons (Fsp3) is 0.375. The van der Waals surface area contributed by atoms with Crippen LogP contribution in [0.4, 0.5) is 10.5 Å². The molecule has 1 saturated heterocycles. The molecular formula is C16H15ClN4O2. The molecule has 0 spiro atoms. The molecule has 3 amide bonds. The van der Waals surface area contributed by atoms with Gasteiger partial charge in [0.05, 0.1) is 18.1 Å². The second-order valence-corrected chi connectivity index (χ2v) is 5.71. The number of carbonyl (C=O) groups excluding carboxylic acids is 2. The number of halogens is 1. The normalized spacial score (nSPS) is 18.7. The molecule has 1 aromatic carbocycles. The van der Waals surface area contributed by atoms with Crippen LogP contribution in [0.5, 0.6) is 0 Å².